The van der Waals surface area contributed by atoms with Crippen molar-refractivity contribution < 1.29 is 0 Å². The molecule has 4 nitrogen and oxygen atoms in total. The molecule has 1 aromatic carbocycles. The van der Waals surface area contributed by atoms with Crippen LogP contribution < -0.4 is 10.6 Å². The van der Waals surface area contributed by atoms with Crippen LogP contribution in [0.15, 0.2) is 42.7 Å². The van der Waals surface area contributed by atoms with Crippen LogP contribution >= 0.6 is 0 Å². The molecule has 0 saturated heterocycles. The van der Waals surface area contributed by atoms with E-state index in [1.165, 1.54) is 11.3 Å². The van der Waals surface area contributed by atoms with Crippen molar-refractivity contribution in [3.8, 4) is 0 Å². The minimum Gasteiger partial charge on any atom is -0.364 e. The molecule has 0 radical (unpaired) electrons. The normalized spacial score (nSPS) is 10.4. The van der Waals surface area contributed by atoms with Gasteiger partial charge in [0, 0.05) is 24.6 Å². The second kappa shape index (κ2) is 6.85. The maximum absolute atomic E-state index is 5.62. The van der Waals surface area contributed by atoms with Gasteiger partial charge in [-0.1, -0.05) is 12.1 Å². The average Bonchev–Trinajstić information content (AvgIpc) is 2.44. The Morgan fingerprint density at radius 3 is 2.63 bits per heavy atom. The summed E-state index contributed by atoms with van der Waals surface area (Å²) in [4.78, 5) is 10.9. The van der Waals surface area contributed by atoms with Gasteiger partial charge in [-0.2, -0.15) is 0 Å². The summed E-state index contributed by atoms with van der Waals surface area (Å²) in [5.74, 6) is 0.834. The van der Waals surface area contributed by atoms with Gasteiger partial charge < -0.3 is 10.6 Å². The number of rotatable bonds is 6. The Labute approximate surface area is 114 Å². The highest BCUT2D eigenvalue weighted by atomic mass is 15.1. The number of aromatic nitrogens is 2. The first-order valence-electron chi connectivity index (χ1n) is 6.57. The van der Waals surface area contributed by atoms with Crippen LogP contribution in [0.5, 0.6) is 0 Å². The first kappa shape index (κ1) is 13.5. The molecule has 4 heteroatoms. The van der Waals surface area contributed by atoms with Crippen LogP contribution in [0.3, 0.4) is 0 Å². The molecule has 0 atom stereocenters. The number of anilines is 1. The minimum atomic E-state index is 0.692. The molecule has 0 unspecified atom stereocenters. The third-order valence-corrected chi connectivity index (χ3v) is 2.95. The molecule has 0 saturated carbocycles. The lowest BCUT2D eigenvalue weighted by molar-refractivity contribution is 0.712. The van der Waals surface area contributed by atoms with Crippen molar-refractivity contribution in [3.05, 3.63) is 54.1 Å². The molecule has 0 amide bonds. The molecule has 0 aliphatic heterocycles. The molecule has 100 valence electrons. The zero-order valence-corrected chi connectivity index (χ0v) is 11.3. The fraction of sp³-hybridized carbons (Fsp3) is 0.333. The van der Waals surface area contributed by atoms with Crippen LogP contribution in [0, 0.1) is 6.92 Å². The molecule has 1 heterocycles. The Morgan fingerprint density at radius 2 is 1.95 bits per heavy atom. The van der Waals surface area contributed by atoms with E-state index in [0.29, 0.717) is 13.1 Å². The van der Waals surface area contributed by atoms with E-state index in [1.54, 1.807) is 12.4 Å². The van der Waals surface area contributed by atoms with E-state index in [1.807, 2.05) is 6.07 Å². The third-order valence-electron chi connectivity index (χ3n) is 2.95. The van der Waals surface area contributed by atoms with Gasteiger partial charge in [0.25, 0.3) is 0 Å². The Bertz CT molecular complexity index is 499. The van der Waals surface area contributed by atoms with Crippen LogP contribution in [0.1, 0.15) is 17.8 Å². The summed E-state index contributed by atoms with van der Waals surface area (Å²) < 4.78 is 0. The predicted octanol–water partition coefficient (Wildman–Crippen LogP) is 2.14. The van der Waals surface area contributed by atoms with E-state index in [0.717, 1.165) is 18.8 Å². The van der Waals surface area contributed by atoms with Crippen molar-refractivity contribution in [1.29, 1.82) is 0 Å². The molecular formula is C15H20N4. The number of aryl methyl sites for hydroxylation is 1. The largest absolute Gasteiger partial charge is 0.364 e. The number of benzene rings is 1. The van der Waals surface area contributed by atoms with Crippen LogP contribution in [-0.2, 0) is 6.54 Å². The average molecular weight is 256 g/mol. The van der Waals surface area contributed by atoms with Gasteiger partial charge >= 0.3 is 0 Å². The van der Waals surface area contributed by atoms with Gasteiger partial charge in [-0.05, 0) is 43.7 Å². The first-order chi connectivity index (χ1) is 9.29. The second-order valence-electron chi connectivity index (χ2n) is 4.57. The first-order valence-corrected chi connectivity index (χ1v) is 6.57. The standard InChI is InChI=1S/C15H20N4/c1-13-5-2-6-14(11-13)19(10-3-7-16)12-15-17-8-4-9-18-15/h2,4-6,8-9,11H,3,7,10,12,16H2,1H3. The second-order valence-corrected chi connectivity index (χ2v) is 4.57. The van der Waals surface area contributed by atoms with Crippen molar-refractivity contribution in [2.75, 3.05) is 18.0 Å². The van der Waals surface area contributed by atoms with Crippen molar-refractivity contribution in [1.82, 2.24) is 9.97 Å². The number of hydrogen-bond donors (Lipinski definition) is 1. The number of nitrogens with two attached hydrogens (primary N) is 1. The number of nitrogens with zero attached hydrogens (tertiary/aromatic N) is 3. The van der Waals surface area contributed by atoms with Gasteiger partial charge in [0.15, 0.2) is 0 Å². The van der Waals surface area contributed by atoms with Gasteiger partial charge in [0.05, 0.1) is 6.54 Å². The smallest absolute Gasteiger partial charge is 0.147 e. The van der Waals surface area contributed by atoms with E-state index in [2.05, 4.69) is 46.1 Å². The minimum absolute atomic E-state index is 0.692. The third kappa shape index (κ3) is 4.03. The molecular weight excluding hydrogens is 236 g/mol. The molecule has 0 aliphatic carbocycles. The summed E-state index contributed by atoms with van der Waals surface area (Å²) in [5, 5.41) is 0. The van der Waals surface area contributed by atoms with Gasteiger partial charge in [0.1, 0.15) is 5.82 Å². The van der Waals surface area contributed by atoms with Crippen LogP contribution in [-0.4, -0.2) is 23.1 Å². The van der Waals surface area contributed by atoms with E-state index >= 15 is 0 Å². The summed E-state index contributed by atoms with van der Waals surface area (Å²) in [7, 11) is 0. The van der Waals surface area contributed by atoms with Gasteiger partial charge in [0.2, 0.25) is 0 Å². The molecule has 0 aliphatic rings. The molecule has 2 N–H and O–H groups in total. The maximum atomic E-state index is 5.62. The number of hydrogen-bond acceptors (Lipinski definition) is 4. The lowest BCUT2D eigenvalue weighted by Gasteiger charge is -2.24. The summed E-state index contributed by atoms with van der Waals surface area (Å²) in [6.45, 7) is 4.42. The Balaban J connectivity index is 2.16. The molecule has 0 spiro atoms. The van der Waals surface area contributed by atoms with Crippen LogP contribution in [0.25, 0.3) is 0 Å². The molecule has 2 rings (SSSR count). The van der Waals surface area contributed by atoms with Crippen molar-refractivity contribution in [3.63, 3.8) is 0 Å². The molecule has 19 heavy (non-hydrogen) atoms. The molecule has 0 fully saturated rings. The Morgan fingerprint density at radius 1 is 1.16 bits per heavy atom. The van der Waals surface area contributed by atoms with Gasteiger partial charge in [-0.3, -0.25) is 0 Å². The van der Waals surface area contributed by atoms with E-state index in [9.17, 15) is 0 Å². The van der Waals surface area contributed by atoms with Crippen molar-refractivity contribution in [2.24, 2.45) is 5.73 Å². The summed E-state index contributed by atoms with van der Waals surface area (Å²) in [5.41, 5.74) is 8.07. The highest BCUT2D eigenvalue weighted by molar-refractivity contribution is 5.48. The van der Waals surface area contributed by atoms with Crippen LogP contribution in [0.2, 0.25) is 0 Å². The monoisotopic (exact) mass is 256 g/mol. The fourth-order valence-electron chi connectivity index (χ4n) is 1.99. The van der Waals surface area contributed by atoms with E-state index in [-0.39, 0.29) is 0 Å². The topological polar surface area (TPSA) is 55.0 Å². The molecule has 2 aromatic rings. The summed E-state index contributed by atoms with van der Waals surface area (Å²) in [6, 6.07) is 10.3. The summed E-state index contributed by atoms with van der Waals surface area (Å²) >= 11 is 0. The zero-order chi connectivity index (χ0) is 13.5. The molecule has 1 aromatic heterocycles. The quantitative estimate of drug-likeness (QED) is 0.860. The van der Waals surface area contributed by atoms with E-state index in [4.69, 9.17) is 5.73 Å². The highest BCUT2D eigenvalue weighted by Crippen LogP contribution is 2.17. The zero-order valence-electron chi connectivity index (χ0n) is 11.3. The van der Waals surface area contributed by atoms with E-state index < -0.39 is 0 Å². The fourth-order valence-corrected chi connectivity index (χ4v) is 1.99. The van der Waals surface area contributed by atoms with Gasteiger partial charge in [-0.15, -0.1) is 0 Å². The van der Waals surface area contributed by atoms with Crippen molar-refractivity contribution >= 4 is 5.69 Å². The van der Waals surface area contributed by atoms with Gasteiger partial charge in [-0.25, -0.2) is 9.97 Å². The maximum Gasteiger partial charge on any atom is 0.147 e. The van der Waals surface area contributed by atoms with Crippen LogP contribution in [0.4, 0.5) is 5.69 Å². The predicted molar refractivity (Wildman–Crippen MR) is 77.9 cm³/mol. The lowest BCUT2D eigenvalue weighted by Crippen LogP contribution is -2.26. The molecule has 0 bridgehead atoms. The Hall–Kier alpha value is -1.94. The summed E-state index contributed by atoms with van der Waals surface area (Å²) in [6.07, 6.45) is 4.51. The van der Waals surface area contributed by atoms with Crippen molar-refractivity contribution in [2.45, 2.75) is 19.9 Å². The highest BCUT2D eigenvalue weighted by Gasteiger charge is 2.08. The Kier molecular flexibility index (Phi) is 4.86. The lowest BCUT2D eigenvalue weighted by atomic mass is 10.2. The SMILES string of the molecule is Cc1cccc(N(CCCN)Cc2ncccn2)c1.